The van der Waals surface area contributed by atoms with Crippen LogP contribution in [0.1, 0.15) is 39.5 Å². The lowest BCUT2D eigenvalue weighted by atomic mass is 9.82. The minimum Gasteiger partial charge on any atom is -0.338 e. The van der Waals surface area contributed by atoms with Gasteiger partial charge in [-0.1, -0.05) is 29.8 Å². The lowest BCUT2D eigenvalue weighted by Crippen LogP contribution is -2.49. The van der Waals surface area contributed by atoms with Crippen molar-refractivity contribution < 1.29 is 4.79 Å². The molecule has 0 unspecified atom stereocenters. The number of pyridine rings is 1. The van der Waals surface area contributed by atoms with Crippen molar-refractivity contribution in [1.29, 1.82) is 0 Å². The number of likely N-dealkylation sites (tertiary alicyclic amines) is 1. The zero-order chi connectivity index (χ0) is 21.4. The molecule has 2 atom stereocenters. The van der Waals surface area contributed by atoms with Crippen molar-refractivity contribution in [2.45, 2.75) is 18.9 Å². The second-order valence-corrected chi connectivity index (χ2v) is 8.59. The van der Waals surface area contributed by atoms with Gasteiger partial charge in [-0.3, -0.25) is 9.59 Å². The van der Waals surface area contributed by atoms with Crippen molar-refractivity contribution in [2.24, 2.45) is 5.92 Å². The summed E-state index contributed by atoms with van der Waals surface area (Å²) >= 11 is 5.94. The Morgan fingerprint density at radius 3 is 2.55 bits per heavy atom. The molecule has 0 radical (unpaired) electrons. The highest BCUT2D eigenvalue weighted by atomic mass is 35.5. The molecule has 0 saturated carbocycles. The first kappa shape index (κ1) is 19.7. The Hall–Kier alpha value is -3.25. The molecule has 7 heteroatoms. The van der Waals surface area contributed by atoms with Gasteiger partial charge >= 0.3 is 0 Å². The number of halogens is 1. The van der Waals surface area contributed by atoms with Crippen LogP contribution in [0.4, 0.5) is 0 Å². The van der Waals surface area contributed by atoms with E-state index in [2.05, 4.69) is 9.97 Å². The fraction of sp³-hybridized carbons (Fsp3) is 0.250. The highest BCUT2D eigenvalue weighted by Gasteiger charge is 2.36. The Morgan fingerprint density at radius 1 is 1.00 bits per heavy atom. The van der Waals surface area contributed by atoms with Gasteiger partial charge in [-0.15, -0.1) is 0 Å². The number of aromatic nitrogens is 3. The number of carbonyl (C=O) groups excluding carboxylic acids is 1. The largest absolute Gasteiger partial charge is 0.338 e. The van der Waals surface area contributed by atoms with Gasteiger partial charge in [0, 0.05) is 54.2 Å². The summed E-state index contributed by atoms with van der Waals surface area (Å²) in [6.07, 6.45) is 9.30. The maximum atomic E-state index is 13.2. The van der Waals surface area contributed by atoms with Crippen LogP contribution in [-0.2, 0) is 6.54 Å². The molecule has 0 aliphatic carbocycles. The lowest BCUT2D eigenvalue weighted by molar-refractivity contribution is 0.0593. The molecule has 0 N–H and O–H groups in total. The topological polar surface area (TPSA) is 68.1 Å². The smallest absolute Gasteiger partial charge is 0.258 e. The number of hydrogen-bond donors (Lipinski definition) is 0. The van der Waals surface area contributed by atoms with Gasteiger partial charge in [0.05, 0.1) is 5.56 Å². The maximum Gasteiger partial charge on any atom is 0.258 e. The van der Waals surface area contributed by atoms with E-state index in [0.717, 1.165) is 17.7 Å². The van der Waals surface area contributed by atoms with Gasteiger partial charge in [-0.2, -0.15) is 0 Å². The van der Waals surface area contributed by atoms with Crippen molar-refractivity contribution in [3.8, 4) is 0 Å². The summed E-state index contributed by atoms with van der Waals surface area (Å²) in [5, 5.41) is 0.685. The molecule has 0 spiro atoms. The minimum atomic E-state index is -0.0476. The highest BCUT2D eigenvalue weighted by molar-refractivity contribution is 6.30. The number of hydrogen-bond acceptors (Lipinski definition) is 4. The lowest BCUT2D eigenvalue weighted by Gasteiger charge is -2.42. The van der Waals surface area contributed by atoms with Gasteiger partial charge in [-0.05, 0) is 48.2 Å². The molecule has 1 saturated heterocycles. The Bertz CT molecular complexity index is 1200. The standard InChI is InChI=1S/C24H21ClN4O2/c25-21-6-2-16(3-7-21)1-4-18-5-8-22-19-9-17(13-29(22)24(18)31)12-28(14-19)23(30)20-10-26-15-27-11-20/h1-8,10-11,15,17,19H,9,12-14H2/b4-1+/t17-,19+/m0/s1. The molecule has 6 nitrogen and oxygen atoms in total. The van der Waals surface area contributed by atoms with Gasteiger partial charge in [0.2, 0.25) is 0 Å². The fourth-order valence-electron chi connectivity index (χ4n) is 4.61. The van der Waals surface area contributed by atoms with E-state index < -0.39 is 0 Å². The van der Waals surface area contributed by atoms with Gasteiger partial charge in [0.15, 0.2) is 0 Å². The van der Waals surface area contributed by atoms with Crippen molar-refractivity contribution in [2.75, 3.05) is 13.1 Å². The zero-order valence-corrected chi connectivity index (χ0v) is 17.6. The molecular formula is C24H21ClN4O2. The van der Waals surface area contributed by atoms with Crippen molar-refractivity contribution in [3.63, 3.8) is 0 Å². The van der Waals surface area contributed by atoms with E-state index in [1.165, 1.54) is 6.33 Å². The third kappa shape index (κ3) is 3.91. The first-order valence-electron chi connectivity index (χ1n) is 10.3. The Kier molecular flexibility index (Phi) is 5.16. The van der Waals surface area contributed by atoms with E-state index in [1.54, 1.807) is 12.4 Å². The molecular weight excluding hydrogens is 412 g/mol. The molecule has 2 bridgehead atoms. The third-order valence-electron chi connectivity index (χ3n) is 6.05. The Balaban J connectivity index is 1.39. The highest BCUT2D eigenvalue weighted by Crippen LogP contribution is 2.35. The first-order valence-corrected chi connectivity index (χ1v) is 10.7. The normalized spacial score (nSPS) is 20.0. The summed E-state index contributed by atoms with van der Waals surface area (Å²) < 4.78 is 1.90. The molecule has 3 aromatic rings. The molecule has 5 rings (SSSR count). The summed E-state index contributed by atoms with van der Waals surface area (Å²) in [5.74, 6) is 0.365. The molecule has 1 fully saturated rings. The van der Waals surface area contributed by atoms with Gasteiger partial charge in [0.1, 0.15) is 6.33 Å². The summed E-state index contributed by atoms with van der Waals surface area (Å²) in [4.78, 5) is 35.8. The quantitative estimate of drug-likeness (QED) is 0.632. The number of fused-ring (bicyclic) bond motifs is 4. The van der Waals surface area contributed by atoms with E-state index in [9.17, 15) is 9.59 Å². The molecule has 2 aliphatic rings. The maximum absolute atomic E-state index is 13.2. The second kappa shape index (κ2) is 8.12. The number of rotatable bonds is 3. The molecule has 1 amide bonds. The van der Waals surface area contributed by atoms with E-state index >= 15 is 0 Å². The Morgan fingerprint density at radius 2 is 1.77 bits per heavy atom. The molecule has 4 heterocycles. The predicted molar refractivity (Wildman–Crippen MR) is 120 cm³/mol. The van der Waals surface area contributed by atoms with Crippen LogP contribution in [0.15, 0.2) is 59.9 Å². The first-order chi connectivity index (χ1) is 15.1. The number of benzene rings is 1. The Labute approximate surface area is 184 Å². The van der Waals surface area contributed by atoms with Gasteiger partial charge < -0.3 is 9.47 Å². The third-order valence-corrected chi connectivity index (χ3v) is 6.31. The molecule has 156 valence electrons. The van der Waals surface area contributed by atoms with E-state index in [-0.39, 0.29) is 23.3 Å². The van der Waals surface area contributed by atoms with Crippen LogP contribution in [-0.4, -0.2) is 38.4 Å². The van der Waals surface area contributed by atoms with Crippen molar-refractivity contribution in [1.82, 2.24) is 19.4 Å². The number of nitrogens with zero attached hydrogens (tertiary/aromatic N) is 4. The van der Waals surface area contributed by atoms with Crippen molar-refractivity contribution in [3.05, 3.63) is 92.9 Å². The fourth-order valence-corrected chi connectivity index (χ4v) is 4.73. The van der Waals surface area contributed by atoms with Crippen LogP contribution in [0.5, 0.6) is 0 Å². The van der Waals surface area contributed by atoms with E-state index in [0.29, 0.717) is 35.8 Å². The molecule has 2 aromatic heterocycles. The molecule has 1 aromatic carbocycles. The number of carbonyl (C=O) groups is 1. The summed E-state index contributed by atoms with van der Waals surface area (Å²) in [5.41, 5.74) is 3.18. The molecule has 31 heavy (non-hydrogen) atoms. The van der Waals surface area contributed by atoms with Crippen LogP contribution in [0.3, 0.4) is 0 Å². The van der Waals surface area contributed by atoms with Crippen LogP contribution in [0.2, 0.25) is 5.02 Å². The van der Waals surface area contributed by atoms with Crippen molar-refractivity contribution >= 4 is 29.7 Å². The summed E-state index contributed by atoms with van der Waals surface area (Å²) in [7, 11) is 0. The number of piperidine rings is 1. The summed E-state index contributed by atoms with van der Waals surface area (Å²) in [6.45, 7) is 1.87. The summed E-state index contributed by atoms with van der Waals surface area (Å²) in [6, 6.07) is 11.4. The van der Waals surface area contributed by atoms with Crippen LogP contribution < -0.4 is 5.56 Å². The van der Waals surface area contributed by atoms with E-state index in [1.807, 2.05) is 58.0 Å². The second-order valence-electron chi connectivity index (χ2n) is 8.15. The van der Waals surface area contributed by atoms with Crippen LogP contribution in [0.25, 0.3) is 12.2 Å². The predicted octanol–water partition coefficient (Wildman–Crippen LogP) is 3.72. The number of amides is 1. The average Bonchev–Trinajstić information content (AvgIpc) is 2.80. The van der Waals surface area contributed by atoms with Crippen LogP contribution in [0, 0.1) is 5.92 Å². The molecule has 2 aliphatic heterocycles. The SMILES string of the molecule is O=C(c1cncnc1)N1C[C@@H]2C[C@H](C1)c1ccc(/C=C/c3ccc(Cl)cc3)c(=O)n1C2. The monoisotopic (exact) mass is 432 g/mol. The van der Waals surface area contributed by atoms with Gasteiger partial charge in [0.25, 0.3) is 11.5 Å². The minimum absolute atomic E-state index is 0.0219. The zero-order valence-electron chi connectivity index (χ0n) is 16.8. The average molecular weight is 433 g/mol. The van der Waals surface area contributed by atoms with Crippen LogP contribution >= 0.6 is 11.6 Å². The van der Waals surface area contributed by atoms with Gasteiger partial charge in [-0.25, -0.2) is 9.97 Å². The van der Waals surface area contributed by atoms with E-state index in [4.69, 9.17) is 11.6 Å².